The topological polar surface area (TPSA) is 177 Å². The molecule has 1 aliphatic heterocycles. The summed E-state index contributed by atoms with van der Waals surface area (Å²) in [5.74, 6) is -0.507. The second kappa shape index (κ2) is 11.2. The SMILES string of the molecule is CC1(C)C[C@H]2C3=CC[C@@H]4[C@@]5(C)CC[C@H](O[C@@H]6O[C@H](CO)[C@@H](O)[C@H](O)[C@H]6O)[C@@](C)(CO)[C@@H]5CC[C@@]4(C)[C@]3(C)CC[C@@]2(C(=O)O)CC1O. The van der Waals surface area contributed by atoms with E-state index in [0.717, 1.165) is 32.1 Å². The Morgan fingerprint density at radius 3 is 2.22 bits per heavy atom. The number of rotatable bonds is 5. The van der Waals surface area contributed by atoms with Crippen LogP contribution in [-0.2, 0) is 14.3 Å². The maximum Gasteiger partial charge on any atom is 0.310 e. The monoisotopic (exact) mass is 650 g/mol. The highest BCUT2D eigenvalue weighted by molar-refractivity contribution is 5.77. The maximum absolute atomic E-state index is 13.0. The van der Waals surface area contributed by atoms with Gasteiger partial charge in [0.25, 0.3) is 0 Å². The molecule has 46 heavy (non-hydrogen) atoms. The van der Waals surface area contributed by atoms with Gasteiger partial charge in [0.15, 0.2) is 6.29 Å². The molecule has 6 aliphatic rings. The molecule has 0 amide bonds. The summed E-state index contributed by atoms with van der Waals surface area (Å²) >= 11 is 0. The number of carboxylic acids is 1. The fourth-order valence-electron chi connectivity index (χ4n) is 12.2. The van der Waals surface area contributed by atoms with Crippen molar-refractivity contribution in [3.05, 3.63) is 11.6 Å². The molecule has 4 saturated carbocycles. The van der Waals surface area contributed by atoms with E-state index in [1.54, 1.807) is 0 Å². The molecular formula is C36H58O10. The van der Waals surface area contributed by atoms with Crippen LogP contribution in [0.3, 0.4) is 0 Å². The number of carbonyl (C=O) groups is 1. The number of allylic oxidation sites excluding steroid dienone is 2. The molecule has 1 saturated heterocycles. The average molecular weight is 651 g/mol. The molecule has 0 bridgehead atoms. The van der Waals surface area contributed by atoms with Gasteiger partial charge in [0.1, 0.15) is 24.4 Å². The molecule has 262 valence electrons. The van der Waals surface area contributed by atoms with Crippen LogP contribution in [0.1, 0.15) is 99.3 Å². The van der Waals surface area contributed by atoms with Gasteiger partial charge in [-0.3, -0.25) is 4.79 Å². The second-order valence-electron chi connectivity index (χ2n) is 17.7. The first kappa shape index (κ1) is 34.7. The summed E-state index contributed by atoms with van der Waals surface area (Å²) in [6, 6.07) is 0. The van der Waals surface area contributed by atoms with Crippen LogP contribution in [0.4, 0.5) is 0 Å². The predicted molar refractivity (Wildman–Crippen MR) is 168 cm³/mol. The highest BCUT2D eigenvalue weighted by Gasteiger charge is 2.70. The number of hydrogen-bond acceptors (Lipinski definition) is 9. The Balaban J connectivity index is 1.32. The summed E-state index contributed by atoms with van der Waals surface area (Å²) < 4.78 is 12.1. The van der Waals surface area contributed by atoms with E-state index in [1.807, 2.05) is 0 Å². The molecule has 0 aromatic rings. The van der Waals surface area contributed by atoms with Crippen molar-refractivity contribution < 1.29 is 50.0 Å². The number of aliphatic hydroxyl groups is 6. The fraction of sp³-hybridized carbons (Fsp3) is 0.917. The van der Waals surface area contributed by atoms with Gasteiger partial charge in [0.05, 0.1) is 30.8 Å². The number of carboxylic acid groups (broad SMARTS) is 1. The average Bonchev–Trinajstić information content (AvgIpc) is 2.99. The standard InChI is InChI=1S/C36H58O10/c1-31(2)15-20-19-7-8-23-32(3)11-10-25(46-29-28(42)27(41)26(40)21(17-37)45-29)33(4,18-38)22(32)9-12-35(23,6)34(19,5)13-14-36(20,30(43)44)16-24(31)39/h7,20-29,37-42H,8-18H2,1-6H3,(H,43,44)/t20-,21+,22+,23+,24?,25-,26+,27-,28+,29-,32-,33-,34+,35+,36+/m0/s1. The zero-order chi connectivity index (χ0) is 33.8. The van der Waals surface area contributed by atoms with Crippen molar-refractivity contribution in [2.24, 2.45) is 50.2 Å². The lowest BCUT2D eigenvalue weighted by Crippen LogP contribution is -2.67. The van der Waals surface area contributed by atoms with E-state index in [1.165, 1.54) is 5.57 Å². The Morgan fingerprint density at radius 1 is 0.891 bits per heavy atom. The molecular weight excluding hydrogens is 592 g/mol. The Labute approximate surface area is 273 Å². The van der Waals surface area contributed by atoms with Crippen LogP contribution >= 0.6 is 0 Å². The molecule has 1 unspecified atom stereocenters. The third kappa shape index (κ3) is 4.53. The van der Waals surface area contributed by atoms with Crippen LogP contribution in [0.15, 0.2) is 11.6 Å². The van der Waals surface area contributed by atoms with Gasteiger partial charge < -0.3 is 45.2 Å². The number of ether oxygens (including phenoxy) is 2. The molecule has 0 aromatic heterocycles. The van der Waals surface area contributed by atoms with Crippen LogP contribution < -0.4 is 0 Å². The van der Waals surface area contributed by atoms with Crippen LogP contribution in [0.5, 0.6) is 0 Å². The van der Waals surface area contributed by atoms with Crippen molar-refractivity contribution in [3.63, 3.8) is 0 Å². The number of aliphatic hydroxyl groups excluding tert-OH is 6. The molecule has 5 aliphatic carbocycles. The normalized spacial score (nSPS) is 54.8. The number of hydrogen-bond donors (Lipinski definition) is 7. The van der Waals surface area contributed by atoms with Gasteiger partial charge in [-0.15, -0.1) is 0 Å². The van der Waals surface area contributed by atoms with Crippen LogP contribution in [0.25, 0.3) is 0 Å². The van der Waals surface area contributed by atoms with E-state index in [2.05, 4.69) is 47.6 Å². The van der Waals surface area contributed by atoms with Gasteiger partial charge in [-0.05, 0) is 97.2 Å². The van der Waals surface area contributed by atoms with Crippen LogP contribution in [-0.4, -0.2) is 97.8 Å². The third-order valence-electron chi connectivity index (χ3n) is 15.5. The first-order valence-electron chi connectivity index (χ1n) is 17.5. The van der Waals surface area contributed by atoms with E-state index in [4.69, 9.17) is 9.47 Å². The summed E-state index contributed by atoms with van der Waals surface area (Å²) in [5, 5.41) is 73.8. The van der Waals surface area contributed by atoms with Gasteiger partial charge in [0, 0.05) is 5.41 Å². The van der Waals surface area contributed by atoms with Gasteiger partial charge in [-0.25, -0.2) is 0 Å². The quantitative estimate of drug-likeness (QED) is 0.173. The minimum absolute atomic E-state index is 0.0888. The van der Waals surface area contributed by atoms with E-state index >= 15 is 0 Å². The summed E-state index contributed by atoms with van der Waals surface area (Å²) in [6.07, 6.45) is 0.758. The molecule has 6 rings (SSSR count). The third-order valence-corrected chi connectivity index (χ3v) is 15.5. The lowest BCUT2D eigenvalue weighted by atomic mass is 9.33. The molecule has 0 spiro atoms. The Morgan fingerprint density at radius 2 is 1.59 bits per heavy atom. The lowest BCUT2D eigenvalue weighted by molar-refractivity contribution is -0.333. The van der Waals surface area contributed by atoms with Gasteiger partial charge >= 0.3 is 5.97 Å². The van der Waals surface area contributed by atoms with Crippen LogP contribution in [0.2, 0.25) is 0 Å². The summed E-state index contributed by atoms with van der Waals surface area (Å²) in [5.41, 5.74) is -1.13. The molecule has 1 heterocycles. The maximum atomic E-state index is 13.0. The van der Waals surface area contributed by atoms with Crippen molar-refractivity contribution in [2.75, 3.05) is 13.2 Å². The van der Waals surface area contributed by atoms with E-state index in [-0.39, 0.29) is 46.5 Å². The number of aliphatic carboxylic acids is 1. The first-order chi connectivity index (χ1) is 21.4. The molecule has 10 nitrogen and oxygen atoms in total. The Bertz CT molecular complexity index is 1240. The van der Waals surface area contributed by atoms with E-state index in [0.29, 0.717) is 25.2 Å². The minimum atomic E-state index is -1.53. The largest absolute Gasteiger partial charge is 0.481 e. The summed E-state index contributed by atoms with van der Waals surface area (Å²) in [4.78, 5) is 13.0. The first-order valence-corrected chi connectivity index (χ1v) is 17.5. The molecule has 10 heteroatoms. The molecule has 15 atom stereocenters. The smallest absolute Gasteiger partial charge is 0.310 e. The minimum Gasteiger partial charge on any atom is -0.481 e. The molecule has 0 radical (unpaired) electrons. The van der Waals surface area contributed by atoms with Gasteiger partial charge in [-0.2, -0.15) is 0 Å². The van der Waals surface area contributed by atoms with Gasteiger partial charge in [0.2, 0.25) is 0 Å². The lowest BCUT2D eigenvalue weighted by Gasteiger charge is -2.71. The molecule has 0 aromatic carbocycles. The van der Waals surface area contributed by atoms with Gasteiger partial charge in [-0.1, -0.05) is 53.2 Å². The number of fused-ring (bicyclic) bond motifs is 7. The zero-order valence-corrected chi connectivity index (χ0v) is 28.5. The fourth-order valence-corrected chi connectivity index (χ4v) is 12.2. The highest BCUT2D eigenvalue weighted by Crippen LogP contribution is 2.76. The van der Waals surface area contributed by atoms with Crippen molar-refractivity contribution in [2.45, 2.75) is 142 Å². The summed E-state index contributed by atoms with van der Waals surface area (Å²) in [7, 11) is 0. The zero-order valence-electron chi connectivity index (χ0n) is 28.5. The van der Waals surface area contributed by atoms with Crippen molar-refractivity contribution in [3.8, 4) is 0 Å². The predicted octanol–water partition coefficient (Wildman–Crippen LogP) is 3.00. The highest BCUT2D eigenvalue weighted by atomic mass is 16.7. The Kier molecular flexibility index (Phi) is 8.46. The van der Waals surface area contributed by atoms with Crippen molar-refractivity contribution in [1.82, 2.24) is 0 Å². The van der Waals surface area contributed by atoms with Crippen molar-refractivity contribution in [1.29, 1.82) is 0 Å². The molecule has 5 fully saturated rings. The second-order valence-corrected chi connectivity index (χ2v) is 17.7. The van der Waals surface area contributed by atoms with Crippen molar-refractivity contribution >= 4 is 5.97 Å². The van der Waals surface area contributed by atoms with E-state index in [9.17, 15) is 40.5 Å². The van der Waals surface area contributed by atoms with Crippen LogP contribution in [0, 0.1) is 50.2 Å². The van der Waals surface area contributed by atoms with E-state index < -0.39 is 66.3 Å². The summed E-state index contributed by atoms with van der Waals surface area (Å²) in [6.45, 7) is 12.7. The Hall–Kier alpha value is -1.11. The molecule has 7 N–H and O–H groups in total.